The van der Waals surface area contributed by atoms with Crippen LogP contribution in [0.3, 0.4) is 0 Å². The summed E-state index contributed by atoms with van der Waals surface area (Å²) >= 11 is 1.51. The first-order valence-corrected chi connectivity index (χ1v) is 6.92. The van der Waals surface area contributed by atoms with Crippen LogP contribution in [0.15, 0.2) is 17.8 Å². The molecule has 1 aliphatic rings. The highest BCUT2D eigenvalue weighted by atomic mass is 32.1. The van der Waals surface area contributed by atoms with Crippen LogP contribution in [0.2, 0.25) is 0 Å². The Labute approximate surface area is 110 Å². The summed E-state index contributed by atoms with van der Waals surface area (Å²) in [6.07, 6.45) is 6.08. The largest absolute Gasteiger partial charge is 0.383 e. The number of nitrogens with zero attached hydrogens (tertiary/aromatic N) is 4. The minimum Gasteiger partial charge on any atom is -0.383 e. The molecule has 5 nitrogen and oxygen atoms in total. The Bertz CT molecular complexity index is 536. The minimum absolute atomic E-state index is 0.534. The van der Waals surface area contributed by atoms with E-state index in [1.165, 1.54) is 24.2 Å². The van der Waals surface area contributed by atoms with Gasteiger partial charge in [0, 0.05) is 35.9 Å². The van der Waals surface area contributed by atoms with Crippen LogP contribution in [0.5, 0.6) is 0 Å². The van der Waals surface area contributed by atoms with E-state index in [0.29, 0.717) is 11.9 Å². The van der Waals surface area contributed by atoms with Crippen molar-refractivity contribution in [3.05, 3.63) is 17.8 Å². The Hall–Kier alpha value is -1.69. The first kappa shape index (κ1) is 11.4. The van der Waals surface area contributed by atoms with Crippen molar-refractivity contribution < 1.29 is 0 Å². The predicted octanol–water partition coefficient (Wildman–Crippen LogP) is 2.17. The average Bonchev–Trinajstić information content (AvgIpc) is 2.98. The highest BCUT2D eigenvalue weighted by Crippen LogP contribution is 2.26. The van der Waals surface area contributed by atoms with Crippen molar-refractivity contribution in [2.75, 3.05) is 17.2 Å². The van der Waals surface area contributed by atoms with E-state index in [2.05, 4.69) is 26.8 Å². The smallest absolute Gasteiger partial charge is 0.225 e. The Morgan fingerprint density at radius 3 is 2.72 bits per heavy atom. The highest BCUT2D eigenvalue weighted by molar-refractivity contribution is 7.13. The van der Waals surface area contributed by atoms with Gasteiger partial charge in [0.15, 0.2) is 0 Å². The maximum atomic E-state index is 5.61. The summed E-state index contributed by atoms with van der Waals surface area (Å²) in [7, 11) is 0. The first-order valence-electron chi connectivity index (χ1n) is 6.04. The fraction of sp³-hybridized carbons (Fsp3) is 0.417. The number of aromatic nitrogens is 3. The van der Waals surface area contributed by atoms with E-state index in [0.717, 1.165) is 23.1 Å². The Morgan fingerprint density at radius 1 is 1.39 bits per heavy atom. The second-order valence-electron chi connectivity index (χ2n) is 4.53. The molecule has 1 aliphatic heterocycles. The van der Waals surface area contributed by atoms with Crippen molar-refractivity contribution in [2.24, 2.45) is 0 Å². The lowest BCUT2D eigenvalue weighted by atomic mass is 10.2. The molecule has 0 unspecified atom stereocenters. The van der Waals surface area contributed by atoms with E-state index >= 15 is 0 Å². The van der Waals surface area contributed by atoms with Crippen LogP contribution in [0, 0.1) is 0 Å². The lowest BCUT2D eigenvalue weighted by Gasteiger charge is -2.20. The lowest BCUT2D eigenvalue weighted by molar-refractivity contribution is 0.717. The molecule has 0 amide bonds. The zero-order valence-corrected chi connectivity index (χ0v) is 11.0. The van der Waals surface area contributed by atoms with Crippen LogP contribution < -0.4 is 10.6 Å². The van der Waals surface area contributed by atoms with Gasteiger partial charge in [0.2, 0.25) is 5.95 Å². The van der Waals surface area contributed by atoms with Gasteiger partial charge >= 0.3 is 0 Å². The number of rotatable bonds is 2. The van der Waals surface area contributed by atoms with E-state index in [4.69, 9.17) is 5.73 Å². The molecule has 0 saturated carbocycles. The molecule has 1 atom stereocenters. The number of nitrogens with two attached hydrogens (primary N) is 1. The van der Waals surface area contributed by atoms with E-state index < -0.39 is 0 Å². The summed E-state index contributed by atoms with van der Waals surface area (Å²) in [4.78, 5) is 15.4. The average molecular weight is 261 g/mol. The zero-order chi connectivity index (χ0) is 12.5. The summed E-state index contributed by atoms with van der Waals surface area (Å²) < 4.78 is 0. The summed E-state index contributed by atoms with van der Waals surface area (Å²) in [5.41, 5.74) is 6.54. The summed E-state index contributed by atoms with van der Waals surface area (Å²) in [5, 5.41) is 2.69. The molecule has 3 rings (SSSR count). The van der Waals surface area contributed by atoms with Crippen LogP contribution in [-0.2, 0) is 0 Å². The minimum atomic E-state index is 0.534. The van der Waals surface area contributed by atoms with E-state index in [1.807, 2.05) is 17.8 Å². The topological polar surface area (TPSA) is 67.9 Å². The fourth-order valence-corrected chi connectivity index (χ4v) is 2.91. The molecule has 1 saturated heterocycles. The van der Waals surface area contributed by atoms with E-state index in [-0.39, 0.29) is 0 Å². The number of anilines is 2. The van der Waals surface area contributed by atoms with Crippen molar-refractivity contribution in [2.45, 2.75) is 25.8 Å². The van der Waals surface area contributed by atoms with E-state index in [9.17, 15) is 0 Å². The summed E-state index contributed by atoms with van der Waals surface area (Å²) in [5.74, 6) is 1.36. The number of nitrogen functional groups attached to an aromatic ring is 1. The molecule has 2 N–H and O–H groups in total. The van der Waals surface area contributed by atoms with Crippen molar-refractivity contribution in [3.63, 3.8) is 0 Å². The van der Waals surface area contributed by atoms with Gasteiger partial charge in [-0.3, -0.25) is 0 Å². The molecule has 6 heteroatoms. The van der Waals surface area contributed by atoms with Crippen molar-refractivity contribution in [1.82, 2.24) is 15.0 Å². The third kappa shape index (κ3) is 2.03. The van der Waals surface area contributed by atoms with Crippen molar-refractivity contribution >= 4 is 23.1 Å². The quantitative estimate of drug-likeness (QED) is 0.897. The molecule has 0 bridgehead atoms. The number of hydrogen-bond donors (Lipinski definition) is 1. The van der Waals surface area contributed by atoms with Crippen LogP contribution in [0.25, 0.3) is 10.6 Å². The normalized spacial score (nSPS) is 19.4. The Kier molecular flexibility index (Phi) is 2.87. The predicted molar refractivity (Wildman–Crippen MR) is 73.6 cm³/mol. The molecule has 3 heterocycles. The summed E-state index contributed by atoms with van der Waals surface area (Å²) in [6, 6.07) is 0.534. The molecular weight excluding hydrogens is 246 g/mol. The second-order valence-corrected chi connectivity index (χ2v) is 5.39. The van der Waals surface area contributed by atoms with Crippen LogP contribution >= 0.6 is 11.3 Å². The third-order valence-electron chi connectivity index (χ3n) is 3.22. The molecule has 1 fully saturated rings. The van der Waals surface area contributed by atoms with Crippen LogP contribution in [0.4, 0.5) is 11.8 Å². The monoisotopic (exact) mass is 261 g/mol. The Morgan fingerprint density at radius 2 is 2.17 bits per heavy atom. The fourth-order valence-electron chi connectivity index (χ4n) is 2.23. The first-order chi connectivity index (χ1) is 8.74. The highest BCUT2D eigenvalue weighted by Gasteiger charge is 2.22. The molecule has 0 aromatic carbocycles. The number of hydrogen-bond acceptors (Lipinski definition) is 6. The molecule has 2 aromatic rings. The van der Waals surface area contributed by atoms with Crippen molar-refractivity contribution in [3.8, 4) is 10.6 Å². The van der Waals surface area contributed by atoms with Gasteiger partial charge in [-0.05, 0) is 19.8 Å². The molecule has 0 radical (unpaired) electrons. The molecule has 0 spiro atoms. The molecule has 94 valence electrons. The molecule has 2 aromatic heterocycles. The maximum absolute atomic E-state index is 5.61. The summed E-state index contributed by atoms with van der Waals surface area (Å²) in [6.45, 7) is 3.26. The van der Waals surface area contributed by atoms with Crippen molar-refractivity contribution in [1.29, 1.82) is 0 Å². The third-order valence-corrected chi connectivity index (χ3v) is 4.13. The van der Waals surface area contributed by atoms with E-state index in [1.54, 1.807) is 0 Å². The van der Waals surface area contributed by atoms with Crippen LogP contribution in [-0.4, -0.2) is 27.5 Å². The number of thiazole rings is 1. The van der Waals surface area contributed by atoms with Gasteiger partial charge < -0.3 is 10.6 Å². The van der Waals surface area contributed by atoms with Gasteiger partial charge in [0.05, 0.1) is 0 Å². The molecule has 18 heavy (non-hydrogen) atoms. The second kappa shape index (κ2) is 4.53. The zero-order valence-electron chi connectivity index (χ0n) is 10.2. The standard InChI is InChI=1S/C12H15N5S/c1-8-3-2-4-17(8)12-14-5-9(6-15-12)11-16-10(13)7-18-11/h5-8H,2-4,13H2,1H3/t8-/m0/s1. The van der Waals surface area contributed by atoms with Crippen LogP contribution in [0.1, 0.15) is 19.8 Å². The van der Waals surface area contributed by atoms with Gasteiger partial charge in [-0.25, -0.2) is 15.0 Å². The van der Waals surface area contributed by atoms with Gasteiger partial charge in [-0.1, -0.05) is 0 Å². The van der Waals surface area contributed by atoms with Gasteiger partial charge in [-0.15, -0.1) is 11.3 Å². The Balaban J connectivity index is 1.85. The molecular formula is C12H15N5S. The maximum Gasteiger partial charge on any atom is 0.225 e. The van der Waals surface area contributed by atoms with Gasteiger partial charge in [0.1, 0.15) is 10.8 Å². The molecule has 0 aliphatic carbocycles. The van der Waals surface area contributed by atoms with Gasteiger partial charge in [0.25, 0.3) is 0 Å². The SMILES string of the molecule is C[C@H]1CCCN1c1ncc(-c2nc(N)cs2)cn1. The lowest BCUT2D eigenvalue weighted by Crippen LogP contribution is -2.28. The van der Waals surface area contributed by atoms with Gasteiger partial charge in [-0.2, -0.15) is 0 Å².